The number of nitrogens with zero attached hydrogens (tertiary/aromatic N) is 1. The van der Waals surface area contributed by atoms with E-state index in [4.69, 9.17) is 0 Å². The summed E-state index contributed by atoms with van der Waals surface area (Å²) in [5, 5.41) is 10.0. The van der Waals surface area contributed by atoms with E-state index in [1.165, 1.54) is 38.5 Å². The van der Waals surface area contributed by atoms with Crippen molar-refractivity contribution in [1.29, 1.82) is 0 Å². The van der Waals surface area contributed by atoms with Crippen LogP contribution in [-0.4, -0.2) is 34.6 Å². The first-order chi connectivity index (χ1) is 11.2. The first kappa shape index (κ1) is 20.2. The molecule has 1 aliphatic heterocycles. The van der Waals surface area contributed by atoms with E-state index in [0.29, 0.717) is 12.3 Å². The Morgan fingerprint density at radius 2 is 1.83 bits per heavy atom. The Balaban J connectivity index is 2.40. The molecule has 3 nitrogen and oxygen atoms in total. The summed E-state index contributed by atoms with van der Waals surface area (Å²) in [4.78, 5) is 14.3. The average Bonchev–Trinajstić information content (AvgIpc) is 2.54. The highest BCUT2D eigenvalue weighted by atomic mass is 16.3. The normalized spacial score (nSPS) is 20.4. The highest BCUT2D eigenvalue weighted by Gasteiger charge is 2.25. The maximum Gasteiger partial charge on any atom is 0.223 e. The molecule has 1 N–H and O–H groups in total. The first-order valence-corrected chi connectivity index (χ1v) is 9.84. The number of aliphatic hydroxyl groups is 1. The molecule has 3 heteroatoms. The fourth-order valence-corrected chi connectivity index (χ4v) is 3.28. The average molecular weight is 324 g/mol. The van der Waals surface area contributed by atoms with E-state index in [1.807, 2.05) is 11.0 Å². The van der Waals surface area contributed by atoms with Gasteiger partial charge in [0, 0.05) is 13.0 Å². The van der Waals surface area contributed by atoms with Crippen LogP contribution in [0, 0.1) is 0 Å². The van der Waals surface area contributed by atoms with E-state index >= 15 is 0 Å². The molecule has 0 aromatic heterocycles. The molecule has 0 bridgehead atoms. The molecule has 1 fully saturated rings. The van der Waals surface area contributed by atoms with Crippen molar-refractivity contribution in [2.45, 2.75) is 103 Å². The van der Waals surface area contributed by atoms with Gasteiger partial charge in [0.1, 0.15) is 0 Å². The number of hydrogen-bond donors (Lipinski definition) is 1. The number of piperidine rings is 1. The molecule has 1 aliphatic rings. The summed E-state index contributed by atoms with van der Waals surface area (Å²) >= 11 is 0. The summed E-state index contributed by atoms with van der Waals surface area (Å²) in [7, 11) is 0. The number of likely N-dealkylation sites (tertiary alicyclic amines) is 1. The zero-order valence-corrected chi connectivity index (χ0v) is 15.3. The second kappa shape index (κ2) is 12.6. The van der Waals surface area contributed by atoms with Crippen molar-refractivity contribution in [3.8, 4) is 0 Å². The van der Waals surface area contributed by atoms with Gasteiger partial charge in [-0.3, -0.25) is 4.79 Å². The van der Waals surface area contributed by atoms with Crippen molar-refractivity contribution in [3.63, 3.8) is 0 Å². The van der Waals surface area contributed by atoms with E-state index < -0.39 is 0 Å². The molecule has 1 heterocycles. The Bertz CT molecular complexity index is 341. The third kappa shape index (κ3) is 8.55. The number of unbranched alkanes of at least 4 members (excludes halogenated alkanes) is 6. The number of aliphatic hydroxyl groups excluding tert-OH is 1. The molecular weight excluding hydrogens is 286 g/mol. The SMILES string of the molecule is CCCCCCCN1C(=O)CCC[C@@H]1/C=C/C(O)CCCCC. The lowest BCUT2D eigenvalue weighted by Gasteiger charge is -2.34. The van der Waals surface area contributed by atoms with E-state index in [0.717, 1.165) is 38.6 Å². The maximum absolute atomic E-state index is 12.2. The Morgan fingerprint density at radius 1 is 1.13 bits per heavy atom. The van der Waals surface area contributed by atoms with Gasteiger partial charge in [0.2, 0.25) is 5.91 Å². The lowest BCUT2D eigenvalue weighted by atomic mass is 9.99. The van der Waals surface area contributed by atoms with Gasteiger partial charge in [0.05, 0.1) is 12.1 Å². The molecule has 0 radical (unpaired) electrons. The van der Waals surface area contributed by atoms with Gasteiger partial charge < -0.3 is 10.0 Å². The second-order valence-electron chi connectivity index (χ2n) is 6.91. The predicted molar refractivity (Wildman–Crippen MR) is 97.4 cm³/mol. The monoisotopic (exact) mass is 323 g/mol. The quantitative estimate of drug-likeness (QED) is 0.412. The minimum absolute atomic E-state index is 0.197. The molecule has 1 rings (SSSR count). The topological polar surface area (TPSA) is 40.5 Å². The van der Waals surface area contributed by atoms with E-state index in [-0.39, 0.29) is 12.1 Å². The van der Waals surface area contributed by atoms with Crippen LogP contribution in [0.25, 0.3) is 0 Å². The Hall–Kier alpha value is -0.830. The van der Waals surface area contributed by atoms with E-state index in [1.54, 1.807) is 0 Å². The third-order valence-electron chi connectivity index (χ3n) is 4.77. The molecule has 1 saturated heterocycles. The number of hydrogen-bond acceptors (Lipinski definition) is 2. The van der Waals surface area contributed by atoms with Crippen LogP contribution < -0.4 is 0 Å². The van der Waals surface area contributed by atoms with Gasteiger partial charge in [-0.15, -0.1) is 0 Å². The molecule has 0 aromatic carbocycles. The van der Waals surface area contributed by atoms with Gasteiger partial charge in [-0.05, 0) is 25.7 Å². The smallest absolute Gasteiger partial charge is 0.223 e. The maximum atomic E-state index is 12.2. The minimum atomic E-state index is -0.356. The molecule has 134 valence electrons. The van der Waals surface area contributed by atoms with E-state index in [2.05, 4.69) is 19.9 Å². The van der Waals surface area contributed by atoms with Crippen LogP contribution in [0.3, 0.4) is 0 Å². The fraction of sp³-hybridized carbons (Fsp3) is 0.850. The zero-order valence-electron chi connectivity index (χ0n) is 15.3. The van der Waals surface area contributed by atoms with Crippen LogP contribution in [0.15, 0.2) is 12.2 Å². The number of amides is 1. The van der Waals surface area contributed by atoms with Crippen molar-refractivity contribution in [3.05, 3.63) is 12.2 Å². The van der Waals surface area contributed by atoms with Gasteiger partial charge in [-0.1, -0.05) is 70.9 Å². The zero-order chi connectivity index (χ0) is 16.9. The summed E-state index contributed by atoms with van der Waals surface area (Å²) in [6.07, 6.45) is 16.8. The van der Waals surface area contributed by atoms with Gasteiger partial charge >= 0.3 is 0 Å². The lowest BCUT2D eigenvalue weighted by molar-refractivity contribution is -0.135. The fourth-order valence-electron chi connectivity index (χ4n) is 3.28. The lowest BCUT2D eigenvalue weighted by Crippen LogP contribution is -2.43. The van der Waals surface area contributed by atoms with E-state index in [9.17, 15) is 9.90 Å². The molecular formula is C20H37NO2. The molecule has 0 saturated carbocycles. The number of carbonyl (C=O) groups is 1. The Kier molecular flexibility index (Phi) is 11.1. The van der Waals surface area contributed by atoms with Crippen LogP contribution in [-0.2, 0) is 4.79 Å². The van der Waals surface area contributed by atoms with Gasteiger partial charge in [-0.25, -0.2) is 0 Å². The molecule has 23 heavy (non-hydrogen) atoms. The molecule has 0 spiro atoms. The van der Waals surface area contributed by atoms with Crippen LogP contribution >= 0.6 is 0 Å². The predicted octanol–water partition coefficient (Wildman–Crippen LogP) is 4.84. The molecule has 2 atom stereocenters. The summed E-state index contributed by atoms with van der Waals surface area (Å²) in [6.45, 7) is 5.28. The molecule has 0 aliphatic carbocycles. The highest BCUT2D eigenvalue weighted by molar-refractivity contribution is 5.77. The first-order valence-electron chi connectivity index (χ1n) is 9.84. The molecule has 0 aromatic rings. The van der Waals surface area contributed by atoms with Crippen LogP contribution in [0.1, 0.15) is 90.9 Å². The van der Waals surface area contributed by atoms with Crippen LogP contribution in [0.4, 0.5) is 0 Å². The molecule has 1 amide bonds. The minimum Gasteiger partial charge on any atom is -0.389 e. The number of rotatable bonds is 12. The summed E-state index contributed by atoms with van der Waals surface area (Å²) in [5.41, 5.74) is 0. The standard InChI is InChI=1S/C20H37NO2/c1-3-5-7-8-10-17-21-18(12-11-14-20(21)23)15-16-19(22)13-9-6-4-2/h15-16,18-19,22H,3-14,17H2,1-2H3/b16-15+/t18-,19?/m1/s1. The van der Waals surface area contributed by atoms with Crippen molar-refractivity contribution in [2.75, 3.05) is 6.54 Å². The number of carbonyl (C=O) groups excluding carboxylic acids is 1. The second-order valence-corrected chi connectivity index (χ2v) is 6.91. The van der Waals surface area contributed by atoms with Gasteiger partial charge in [0.15, 0.2) is 0 Å². The Labute approximate surface area is 143 Å². The van der Waals surface area contributed by atoms with Crippen molar-refractivity contribution < 1.29 is 9.90 Å². The van der Waals surface area contributed by atoms with Crippen molar-refractivity contribution in [1.82, 2.24) is 4.90 Å². The summed E-state index contributed by atoms with van der Waals surface area (Å²) in [5.74, 6) is 0.293. The molecule has 1 unspecified atom stereocenters. The van der Waals surface area contributed by atoms with Crippen LogP contribution in [0.2, 0.25) is 0 Å². The van der Waals surface area contributed by atoms with Crippen LogP contribution in [0.5, 0.6) is 0 Å². The summed E-state index contributed by atoms with van der Waals surface area (Å²) in [6, 6.07) is 0.197. The third-order valence-corrected chi connectivity index (χ3v) is 4.77. The van der Waals surface area contributed by atoms with Crippen molar-refractivity contribution >= 4 is 5.91 Å². The highest BCUT2D eigenvalue weighted by Crippen LogP contribution is 2.21. The summed E-state index contributed by atoms with van der Waals surface area (Å²) < 4.78 is 0. The van der Waals surface area contributed by atoms with Gasteiger partial charge in [0.25, 0.3) is 0 Å². The Morgan fingerprint density at radius 3 is 2.57 bits per heavy atom. The largest absolute Gasteiger partial charge is 0.389 e. The van der Waals surface area contributed by atoms with Crippen molar-refractivity contribution in [2.24, 2.45) is 0 Å². The van der Waals surface area contributed by atoms with Gasteiger partial charge in [-0.2, -0.15) is 0 Å².